The average Bonchev–Trinajstić information content (AvgIpc) is 3.06. The van der Waals surface area contributed by atoms with Gasteiger partial charge < -0.3 is 5.73 Å². The van der Waals surface area contributed by atoms with Gasteiger partial charge in [0.15, 0.2) is 5.16 Å². The Morgan fingerprint density at radius 3 is 2.93 bits per heavy atom. The van der Waals surface area contributed by atoms with Crippen LogP contribution in [0.15, 0.2) is 47.6 Å². The molecule has 27 heavy (non-hydrogen) atoms. The molecule has 0 amide bonds. The second-order valence-corrected chi connectivity index (χ2v) is 9.26. The fourth-order valence-corrected chi connectivity index (χ4v) is 6.37. The van der Waals surface area contributed by atoms with Gasteiger partial charge in [0.25, 0.3) is 0 Å². The summed E-state index contributed by atoms with van der Waals surface area (Å²) in [7, 11) is 0. The summed E-state index contributed by atoms with van der Waals surface area (Å²) in [5.41, 5.74) is 9.10. The lowest BCUT2D eigenvalue weighted by molar-refractivity contribution is 0.602. The van der Waals surface area contributed by atoms with Crippen molar-refractivity contribution in [3.05, 3.63) is 58.5 Å². The standard InChI is InChI=1S/C22H21N3S2/c1-13-6-4-11-17-18(13)19-20(23)24-22(25-21(19)27-17)26-12-15-9-5-8-14-7-2-3-10-16(14)15/h2-3,5,7-10,13H,4,6,11-12H2,1H3,(H2,23,24,25)/t13-/m0/s1. The van der Waals surface area contributed by atoms with Crippen LogP contribution in [0, 0.1) is 0 Å². The van der Waals surface area contributed by atoms with E-state index in [4.69, 9.17) is 10.7 Å². The Morgan fingerprint density at radius 2 is 2.00 bits per heavy atom. The van der Waals surface area contributed by atoms with E-state index < -0.39 is 0 Å². The minimum Gasteiger partial charge on any atom is -0.383 e. The highest BCUT2D eigenvalue weighted by Gasteiger charge is 2.24. The lowest BCUT2D eigenvalue weighted by Gasteiger charge is -2.18. The summed E-state index contributed by atoms with van der Waals surface area (Å²) in [4.78, 5) is 12.0. The van der Waals surface area contributed by atoms with Crippen LogP contribution in [-0.4, -0.2) is 9.97 Å². The number of aryl methyl sites for hydroxylation is 1. The van der Waals surface area contributed by atoms with E-state index in [1.165, 1.54) is 39.6 Å². The van der Waals surface area contributed by atoms with Crippen LogP contribution in [0.4, 0.5) is 5.82 Å². The average molecular weight is 392 g/mol. The van der Waals surface area contributed by atoms with Crippen LogP contribution in [-0.2, 0) is 12.2 Å². The molecule has 0 aliphatic heterocycles. The molecule has 2 N–H and O–H groups in total. The third-order valence-electron chi connectivity index (χ3n) is 5.44. The minimum atomic E-state index is 0.558. The van der Waals surface area contributed by atoms with Gasteiger partial charge in [-0.05, 0) is 47.1 Å². The first-order valence-electron chi connectivity index (χ1n) is 9.39. The number of rotatable bonds is 3. The summed E-state index contributed by atoms with van der Waals surface area (Å²) in [5, 5.41) is 4.45. The highest BCUT2D eigenvalue weighted by molar-refractivity contribution is 7.98. The van der Waals surface area contributed by atoms with Crippen molar-refractivity contribution in [3.63, 3.8) is 0 Å². The third-order valence-corrected chi connectivity index (χ3v) is 7.50. The highest BCUT2D eigenvalue weighted by Crippen LogP contribution is 2.43. The molecular weight excluding hydrogens is 370 g/mol. The van der Waals surface area contributed by atoms with E-state index in [2.05, 4.69) is 54.4 Å². The SMILES string of the molecule is C[C@H]1CCCc2sc3nc(SCc4cccc5ccccc45)nc(N)c3c21. The number of aromatic nitrogens is 2. The molecule has 0 saturated carbocycles. The maximum absolute atomic E-state index is 6.39. The molecule has 5 heteroatoms. The van der Waals surface area contributed by atoms with Gasteiger partial charge in [-0.3, -0.25) is 0 Å². The van der Waals surface area contributed by atoms with Crippen molar-refractivity contribution in [2.75, 3.05) is 5.73 Å². The van der Waals surface area contributed by atoms with E-state index >= 15 is 0 Å². The minimum absolute atomic E-state index is 0.558. The van der Waals surface area contributed by atoms with Gasteiger partial charge in [-0.25, -0.2) is 9.97 Å². The summed E-state index contributed by atoms with van der Waals surface area (Å²) in [6.07, 6.45) is 3.64. The third kappa shape index (κ3) is 2.99. The topological polar surface area (TPSA) is 51.8 Å². The number of nitrogen functional groups attached to an aromatic ring is 1. The van der Waals surface area contributed by atoms with Crippen LogP contribution >= 0.6 is 23.1 Å². The molecule has 1 aliphatic rings. The van der Waals surface area contributed by atoms with Crippen molar-refractivity contribution in [3.8, 4) is 0 Å². The van der Waals surface area contributed by atoms with Gasteiger partial charge in [0.2, 0.25) is 0 Å². The predicted molar refractivity (Wildman–Crippen MR) is 117 cm³/mol. The van der Waals surface area contributed by atoms with Crippen molar-refractivity contribution in [1.29, 1.82) is 0 Å². The van der Waals surface area contributed by atoms with E-state index in [1.807, 2.05) is 11.3 Å². The lowest BCUT2D eigenvalue weighted by atomic mass is 9.87. The zero-order valence-corrected chi connectivity index (χ0v) is 16.9. The van der Waals surface area contributed by atoms with Gasteiger partial charge in [0.1, 0.15) is 10.6 Å². The Hall–Kier alpha value is -2.11. The van der Waals surface area contributed by atoms with E-state index in [1.54, 1.807) is 11.8 Å². The number of benzene rings is 2. The molecule has 136 valence electrons. The van der Waals surface area contributed by atoms with Crippen LogP contribution in [0.2, 0.25) is 0 Å². The van der Waals surface area contributed by atoms with E-state index in [0.717, 1.165) is 27.5 Å². The molecule has 5 rings (SSSR count). The van der Waals surface area contributed by atoms with Crippen molar-refractivity contribution >= 4 is 49.9 Å². The molecule has 2 aromatic carbocycles. The fourth-order valence-electron chi connectivity index (χ4n) is 4.12. The first-order valence-corrected chi connectivity index (χ1v) is 11.2. The van der Waals surface area contributed by atoms with Crippen molar-refractivity contribution in [2.45, 2.75) is 43.0 Å². The van der Waals surface area contributed by atoms with Gasteiger partial charge >= 0.3 is 0 Å². The largest absolute Gasteiger partial charge is 0.383 e. The number of thiophene rings is 1. The molecule has 3 nitrogen and oxygen atoms in total. The van der Waals surface area contributed by atoms with Crippen LogP contribution in [0.1, 0.15) is 41.7 Å². The van der Waals surface area contributed by atoms with Crippen LogP contribution in [0.5, 0.6) is 0 Å². The summed E-state index contributed by atoms with van der Waals surface area (Å²) in [6, 6.07) is 15.0. The van der Waals surface area contributed by atoms with Crippen LogP contribution < -0.4 is 5.73 Å². The van der Waals surface area contributed by atoms with E-state index in [9.17, 15) is 0 Å². The predicted octanol–water partition coefficient (Wildman–Crippen LogP) is 6.16. The molecule has 0 spiro atoms. The summed E-state index contributed by atoms with van der Waals surface area (Å²) in [5.74, 6) is 2.04. The maximum Gasteiger partial charge on any atom is 0.191 e. The number of anilines is 1. The summed E-state index contributed by atoms with van der Waals surface area (Å²) in [6.45, 7) is 2.30. The van der Waals surface area contributed by atoms with Gasteiger partial charge in [0.05, 0.1) is 5.39 Å². The van der Waals surface area contributed by atoms with Crippen molar-refractivity contribution in [2.24, 2.45) is 0 Å². The molecule has 4 aromatic rings. The van der Waals surface area contributed by atoms with Gasteiger partial charge in [0, 0.05) is 10.6 Å². The number of hydrogen-bond donors (Lipinski definition) is 1. The maximum atomic E-state index is 6.39. The molecule has 0 fully saturated rings. The second-order valence-electron chi connectivity index (χ2n) is 7.23. The molecule has 0 radical (unpaired) electrons. The smallest absolute Gasteiger partial charge is 0.191 e. The molecule has 1 atom stereocenters. The number of thioether (sulfide) groups is 1. The molecule has 2 aromatic heterocycles. The first-order chi connectivity index (χ1) is 13.2. The quantitative estimate of drug-likeness (QED) is 0.336. The Balaban J connectivity index is 1.49. The zero-order valence-electron chi connectivity index (χ0n) is 15.2. The second kappa shape index (κ2) is 6.80. The normalized spacial score (nSPS) is 16.7. The van der Waals surface area contributed by atoms with Crippen LogP contribution in [0.25, 0.3) is 21.0 Å². The number of nitrogens with two attached hydrogens (primary N) is 1. The number of hydrogen-bond acceptors (Lipinski definition) is 5. The van der Waals surface area contributed by atoms with Gasteiger partial charge in [-0.1, -0.05) is 61.2 Å². The summed E-state index contributed by atoms with van der Waals surface area (Å²) < 4.78 is 0. The van der Waals surface area contributed by atoms with Crippen molar-refractivity contribution < 1.29 is 0 Å². The Morgan fingerprint density at radius 1 is 1.15 bits per heavy atom. The Labute approximate surface area is 167 Å². The van der Waals surface area contributed by atoms with Gasteiger partial charge in [-0.2, -0.15) is 0 Å². The molecular formula is C22H21N3S2. The lowest BCUT2D eigenvalue weighted by Crippen LogP contribution is -2.05. The fraction of sp³-hybridized carbons (Fsp3) is 0.273. The van der Waals surface area contributed by atoms with E-state index in [0.29, 0.717) is 11.7 Å². The van der Waals surface area contributed by atoms with Crippen LogP contribution in [0.3, 0.4) is 0 Å². The van der Waals surface area contributed by atoms with Crippen molar-refractivity contribution in [1.82, 2.24) is 9.97 Å². The molecule has 0 saturated heterocycles. The molecule has 0 bridgehead atoms. The number of nitrogens with zero attached hydrogens (tertiary/aromatic N) is 2. The highest BCUT2D eigenvalue weighted by atomic mass is 32.2. The van der Waals surface area contributed by atoms with E-state index in [-0.39, 0.29) is 0 Å². The molecule has 1 aliphatic carbocycles. The Bertz CT molecular complexity index is 1140. The zero-order chi connectivity index (χ0) is 18.4. The number of fused-ring (bicyclic) bond motifs is 4. The van der Waals surface area contributed by atoms with Gasteiger partial charge in [-0.15, -0.1) is 11.3 Å². The molecule has 2 heterocycles. The molecule has 0 unspecified atom stereocenters. The Kier molecular flexibility index (Phi) is 4.29. The summed E-state index contributed by atoms with van der Waals surface area (Å²) >= 11 is 3.48. The monoisotopic (exact) mass is 391 g/mol. The first kappa shape index (κ1) is 17.0.